The smallest absolute Gasteiger partial charge is 0.306 e. The van der Waals surface area contributed by atoms with Gasteiger partial charge in [-0.2, -0.15) is 0 Å². The molecule has 0 bridgehead atoms. The Kier molecular flexibility index (Phi) is 49.4. The number of hydrogen-bond acceptors (Lipinski definition) is 9. The van der Waals surface area contributed by atoms with Crippen molar-refractivity contribution in [3.8, 4) is 0 Å². The molecule has 0 aromatic heterocycles. The van der Waals surface area contributed by atoms with Gasteiger partial charge in [-0.05, 0) is 96.3 Å². The van der Waals surface area contributed by atoms with Crippen molar-refractivity contribution >= 4 is 5.97 Å². The normalized spacial score (nSPS) is 19.4. The molecule has 0 aliphatic carbocycles. The van der Waals surface area contributed by atoms with Gasteiger partial charge in [0.2, 0.25) is 0 Å². The van der Waals surface area contributed by atoms with E-state index in [-0.39, 0.29) is 25.6 Å². The van der Waals surface area contributed by atoms with Crippen LogP contribution < -0.4 is 0 Å². The highest BCUT2D eigenvalue weighted by atomic mass is 16.7. The molecule has 1 aliphatic heterocycles. The van der Waals surface area contributed by atoms with Crippen LogP contribution in [0.4, 0.5) is 0 Å². The lowest BCUT2D eigenvalue weighted by atomic mass is 9.99. The number of aliphatic hydroxyl groups excluding tert-OH is 4. The van der Waals surface area contributed by atoms with Gasteiger partial charge in [-0.1, -0.05) is 227 Å². The summed E-state index contributed by atoms with van der Waals surface area (Å²) in [4.78, 5) is 12.9. The van der Waals surface area contributed by atoms with Crippen molar-refractivity contribution in [2.24, 2.45) is 0 Å². The molecule has 9 nitrogen and oxygen atoms in total. The molecule has 1 fully saturated rings. The third kappa shape index (κ3) is 42.5. The fraction of sp³-hybridized carbons (Fsp3) is 0.730. The molecule has 0 radical (unpaired) electrons. The summed E-state index contributed by atoms with van der Waals surface area (Å²) in [7, 11) is 0. The van der Waals surface area contributed by atoms with E-state index in [0.717, 1.165) is 77.0 Å². The lowest BCUT2D eigenvalue weighted by molar-refractivity contribution is -0.305. The molecule has 1 heterocycles. The molecule has 1 saturated heterocycles. The van der Waals surface area contributed by atoms with Crippen LogP contribution in [0.5, 0.6) is 0 Å². The molecule has 414 valence electrons. The fourth-order valence-electron chi connectivity index (χ4n) is 8.47. The topological polar surface area (TPSA) is 135 Å². The number of unbranched alkanes of at least 4 members (excludes halogenated alkanes) is 23. The molecule has 1 rings (SSSR count). The number of esters is 1. The van der Waals surface area contributed by atoms with Crippen LogP contribution in [0.1, 0.15) is 232 Å². The second-order valence-electron chi connectivity index (χ2n) is 19.7. The Morgan fingerprint density at radius 1 is 0.458 bits per heavy atom. The second-order valence-corrected chi connectivity index (χ2v) is 19.7. The number of carbonyl (C=O) groups is 1. The molecule has 72 heavy (non-hydrogen) atoms. The van der Waals surface area contributed by atoms with Gasteiger partial charge in [0.25, 0.3) is 0 Å². The average Bonchev–Trinajstić information content (AvgIpc) is 3.38. The highest BCUT2D eigenvalue weighted by Gasteiger charge is 2.44. The summed E-state index contributed by atoms with van der Waals surface area (Å²) in [6.07, 6.45) is 67.4. The summed E-state index contributed by atoms with van der Waals surface area (Å²) in [5.41, 5.74) is 0. The average molecular weight is 1010 g/mol. The summed E-state index contributed by atoms with van der Waals surface area (Å²) < 4.78 is 22.9. The maximum absolute atomic E-state index is 12.9. The highest BCUT2D eigenvalue weighted by Crippen LogP contribution is 2.23. The van der Waals surface area contributed by atoms with E-state index in [9.17, 15) is 25.2 Å². The minimum Gasteiger partial charge on any atom is -0.457 e. The molecule has 4 N–H and O–H groups in total. The second kappa shape index (κ2) is 53.0. The third-order valence-electron chi connectivity index (χ3n) is 13.0. The number of hydrogen-bond donors (Lipinski definition) is 4. The van der Waals surface area contributed by atoms with Gasteiger partial charge in [0, 0.05) is 13.0 Å². The van der Waals surface area contributed by atoms with Gasteiger partial charge in [0.1, 0.15) is 30.5 Å². The fourth-order valence-corrected chi connectivity index (χ4v) is 8.47. The van der Waals surface area contributed by atoms with Crippen molar-refractivity contribution in [3.63, 3.8) is 0 Å². The lowest BCUT2D eigenvalue weighted by Gasteiger charge is -2.39. The zero-order chi connectivity index (χ0) is 52.1. The SMILES string of the molecule is CC/C=C\C/C=C\C/C=C\C/C=C\C/C=C\C/C=C\C/C=C\CCCCCC(=O)OC(COCCCCCCCCCCCCCC/C=C\CCCCCCCCCC)COC1OC(CO)C(O)C(O)C1O. The summed E-state index contributed by atoms with van der Waals surface area (Å²) in [6, 6.07) is 0. The minimum absolute atomic E-state index is 0.126. The standard InChI is InChI=1S/C63H108O9/c1-3-5-7-9-11-13-15-17-19-21-23-25-27-29-30-32-34-36-38-40-42-44-46-48-50-52-59(65)71-57(56-70-63-62(68)61(67)60(66)58(54-64)72-63)55-69-53-51-49-47-45-43-41-39-37-35-33-31-28-26-24-22-20-18-16-14-12-10-8-6-4-2/h5,7,11,13,17,19,22-25,29-30,34,36,40,42,57-58,60-64,66-68H,3-4,6,8-10,12,14-16,18,20-21,26-28,31-33,35,37-39,41,43-56H2,1-2H3/b7-5-,13-11-,19-17-,24-22-,25-23-,30-29-,36-34-,42-40-. The van der Waals surface area contributed by atoms with Crippen LogP contribution in [0.3, 0.4) is 0 Å². The van der Waals surface area contributed by atoms with Gasteiger partial charge in [-0.3, -0.25) is 4.79 Å². The number of allylic oxidation sites excluding steroid dienone is 16. The molecule has 0 aromatic rings. The van der Waals surface area contributed by atoms with E-state index in [4.69, 9.17) is 18.9 Å². The van der Waals surface area contributed by atoms with Crippen molar-refractivity contribution < 1.29 is 44.2 Å². The van der Waals surface area contributed by atoms with Crippen LogP contribution in [0.2, 0.25) is 0 Å². The summed E-state index contributed by atoms with van der Waals surface area (Å²) in [5.74, 6) is -0.346. The predicted molar refractivity (Wildman–Crippen MR) is 302 cm³/mol. The zero-order valence-corrected chi connectivity index (χ0v) is 45.9. The van der Waals surface area contributed by atoms with E-state index < -0.39 is 43.4 Å². The Balaban J connectivity index is 2.20. The highest BCUT2D eigenvalue weighted by molar-refractivity contribution is 5.69. The number of ether oxygens (including phenoxy) is 4. The van der Waals surface area contributed by atoms with E-state index in [2.05, 4.69) is 111 Å². The van der Waals surface area contributed by atoms with Crippen molar-refractivity contribution in [2.75, 3.05) is 26.4 Å². The molecule has 9 heteroatoms. The number of aliphatic hydroxyl groups is 4. The third-order valence-corrected chi connectivity index (χ3v) is 13.0. The molecule has 6 unspecified atom stereocenters. The lowest BCUT2D eigenvalue weighted by Crippen LogP contribution is -2.59. The molecular weight excluding hydrogens is 901 g/mol. The van der Waals surface area contributed by atoms with Crippen LogP contribution in [-0.2, 0) is 23.7 Å². The Labute approximate surface area is 441 Å². The predicted octanol–water partition coefficient (Wildman–Crippen LogP) is 15.5. The van der Waals surface area contributed by atoms with E-state index >= 15 is 0 Å². The monoisotopic (exact) mass is 1010 g/mol. The quantitative estimate of drug-likeness (QED) is 0.0267. The zero-order valence-electron chi connectivity index (χ0n) is 45.9. The maximum atomic E-state index is 12.9. The van der Waals surface area contributed by atoms with Crippen LogP contribution in [0.25, 0.3) is 0 Å². The van der Waals surface area contributed by atoms with Gasteiger partial charge in [0.05, 0.1) is 19.8 Å². The van der Waals surface area contributed by atoms with Crippen molar-refractivity contribution in [1.29, 1.82) is 0 Å². The first kappa shape index (κ1) is 67.1. The van der Waals surface area contributed by atoms with Crippen LogP contribution >= 0.6 is 0 Å². The molecular formula is C63H108O9. The van der Waals surface area contributed by atoms with Crippen LogP contribution in [0, 0.1) is 0 Å². The summed E-state index contributed by atoms with van der Waals surface area (Å²) >= 11 is 0. The van der Waals surface area contributed by atoms with Gasteiger partial charge < -0.3 is 39.4 Å². The first-order valence-corrected chi connectivity index (χ1v) is 29.3. The first-order chi connectivity index (χ1) is 35.4. The van der Waals surface area contributed by atoms with Gasteiger partial charge in [-0.25, -0.2) is 0 Å². The van der Waals surface area contributed by atoms with Gasteiger partial charge in [0.15, 0.2) is 6.29 Å². The van der Waals surface area contributed by atoms with Crippen molar-refractivity contribution in [3.05, 3.63) is 97.2 Å². The van der Waals surface area contributed by atoms with Crippen molar-refractivity contribution in [1.82, 2.24) is 0 Å². The van der Waals surface area contributed by atoms with E-state index in [1.165, 1.54) is 128 Å². The van der Waals surface area contributed by atoms with E-state index in [1.807, 2.05) is 0 Å². The molecule has 6 atom stereocenters. The number of rotatable bonds is 50. The van der Waals surface area contributed by atoms with Gasteiger partial charge >= 0.3 is 5.97 Å². The summed E-state index contributed by atoms with van der Waals surface area (Å²) in [6.45, 7) is 4.41. The van der Waals surface area contributed by atoms with Gasteiger partial charge in [-0.15, -0.1) is 0 Å². The van der Waals surface area contributed by atoms with Crippen LogP contribution in [-0.4, -0.2) is 89.6 Å². The van der Waals surface area contributed by atoms with Crippen LogP contribution in [0.15, 0.2) is 97.2 Å². The Morgan fingerprint density at radius 3 is 1.29 bits per heavy atom. The molecule has 0 spiro atoms. The Bertz CT molecular complexity index is 1430. The molecule has 1 aliphatic rings. The number of carbonyl (C=O) groups excluding carboxylic acids is 1. The van der Waals surface area contributed by atoms with E-state index in [0.29, 0.717) is 13.0 Å². The minimum atomic E-state index is -1.55. The molecule has 0 saturated carbocycles. The largest absolute Gasteiger partial charge is 0.457 e. The Hall–Kier alpha value is -2.89. The van der Waals surface area contributed by atoms with E-state index in [1.54, 1.807) is 0 Å². The first-order valence-electron chi connectivity index (χ1n) is 29.3. The molecule has 0 amide bonds. The van der Waals surface area contributed by atoms with Crippen molar-refractivity contribution in [2.45, 2.75) is 269 Å². The summed E-state index contributed by atoms with van der Waals surface area (Å²) in [5, 5.41) is 40.4. The molecule has 0 aromatic carbocycles. The Morgan fingerprint density at radius 2 is 0.847 bits per heavy atom. The maximum Gasteiger partial charge on any atom is 0.306 e.